The first-order valence-electron chi connectivity index (χ1n) is 10.7. The predicted molar refractivity (Wildman–Crippen MR) is 123 cm³/mol. The molecule has 5 nitrogen and oxygen atoms in total. The number of aromatic nitrogens is 2. The normalized spacial score (nSPS) is 17.1. The van der Waals surface area contributed by atoms with Crippen LogP contribution in [0.3, 0.4) is 0 Å². The largest absolute Gasteiger partial charge is 0.421 e. The number of benzene rings is 2. The number of nitrogens with two attached hydrogens (primary N) is 1. The smallest absolute Gasteiger partial charge is 0.383 e. The van der Waals surface area contributed by atoms with Crippen molar-refractivity contribution in [3.63, 3.8) is 0 Å². The van der Waals surface area contributed by atoms with Crippen LogP contribution >= 0.6 is 0 Å². The van der Waals surface area contributed by atoms with Crippen molar-refractivity contribution in [2.24, 2.45) is 17.8 Å². The Balaban J connectivity index is 1.87. The third kappa shape index (κ3) is 3.57. The third-order valence-corrected chi connectivity index (χ3v) is 6.17. The van der Waals surface area contributed by atoms with Gasteiger partial charge in [0.15, 0.2) is 0 Å². The summed E-state index contributed by atoms with van der Waals surface area (Å²) in [5.74, 6) is -1.47. The Morgan fingerprint density at radius 3 is 2.42 bits per heavy atom. The topological polar surface area (TPSA) is 73.3 Å². The van der Waals surface area contributed by atoms with E-state index in [9.17, 15) is 26.7 Å². The van der Waals surface area contributed by atoms with Crippen LogP contribution in [0.5, 0.6) is 0 Å². The van der Waals surface area contributed by atoms with E-state index in [1.54, 1.807) is 24.3 Å². The molecule has 3 heterocycles. The average Bonchev–Trinajstić information content (AvgIpc) is 3.14. The predicted octanol–water partition coefficient (Wildman–Crippen LogP) is 4.76. The number of pyridine rings is 2. The summed E-state index contributed by atoms with van der Waals surface area (Å²) in [5, 5.41) is 0. The number of aliphatic imine (C=N–C) groups is 1. The molecule has 2 aromatic heterocycles. The fourth-order valence-corrected chi connectivity index (χ4v) is 4.60. The highest BCUT2D eigenvalue weighted by atomic mass is 19.4. The lowest BCUT2D eigenvalue weighted by atomic mass is 9.77. The van der Waals surface area contributed by atoms with Crippen LogP contribution in [0.25, 0.3) is 11.1 Å². The molecular formula is C26H17F5N4O. The van der Waals surface area contributed by atoms with Crippen LogP contribution in [0, 0.1) is 11.6 Å². The molecule has 4 aromatic rings. The lowest BCUT2D eigenvalue weighted by Gasteiger charge is -2.30. The van der Waals surface area contributed by atoms with Crippen LogP contribution < -0.4 is 11.3 Å². The second kappa shape index (κ2) is 8.11. The van der Waals surface area contributed by atoms with Gasteiger partial charge in [-0.05, 0) is 35.4 Å². The molecule has 182 valence electrons. The second-order valence-corrected chi connectivity index (χ2v) is 8.40. The van der Waals surface area contributed by atoms with Crippen LogP contribution in [-0.4, -0.2) is 15.4 Å². The standard InChI is InChI=1S/C26H17F5N4O/c1-35-13-17(10-20(24(35)36)26(29,30)31)25(19-6-3-7-21(28)22(19)23(32)34-25)16-5-2-4-14(8-16)15-9-18(27)12-33-11-15/h2-13H,1H3,(H2,32,34). The van der Waals surface area contributed by atoms with Gasteiger partial charge in [-0.25, -0.2) is 13.8 Å². The van der Waals surface area contributed by atoms with Gasteiger partial charge in [0.05, 0.1) is 11.8 Å². The van der Waals surface area contributed by atoms with Crippen molar-refractivity contribution in [2.75, 3.05) is 0 Å². The van der Waals surface area contributed by atoms with E-state index in [0.717, 1.165) is 16.8 Å². The highest BCUT2D eigenvalue weighted by Crippen LogP contribution is 2.47. The molecule has 1 unspecified atom stereocenters. The molecule has 2 N–H and O–H groups in total. The van der Waals surface area contributed by atoms with E-state index in [1.807, 2.05) is 0 Å². The fraction of sp³-hybridized carbons (Fsp3) is 0.115. The van der Waals surface area contributed by atoms with Gasteiger partial charge in [-0.2, -0.15) is 13.2 Å². The molecule has 0 saturated carbocycles. The maximum Gasteiger partial charge on any atom is 0.421 e. The van der Waals surface area contributed by atoms with E-state index < -0.39 is 34.5 Å². The van der Waals surface area contributed by atoms with Crippen molar-refractivity contribution in [3.8, 4) is 11.1 Å². The average molecular weight is 496 g/mol. The van der Waals surface area contributed by atoms with E-state index in [2.05, 4.69) is 9.98 Å². The number of hydrogen-bond donors (Lipinski definition) is 1. The van der Waals surface area contributed by atoms with Crippen molar-refractivity contribution in [1.29, 1.82) is 0 Å². The Morgan fingerprint density at radius 1 is 0.944 bits per heavy atom. The Kier molecular flexibility index (Phi) is 5.27. The number of alkyl halides is 3. The molecular weight excluding hydrogens is 479 g/mol. The lowest BCUT2D eigenvalue weighted by molar-refractivity contribution is -0.139. The van der Waals surface area contributed by atoms with E-state index in [4.69, 9.17) is 5.73 Å². The molecule has 36 heavy (non-hydrogen) atoms. The minimum atomic E-state index is -4.94. The van der Waals surface area contributed by atoms with Crippen molar-refractivity contribution < 1.29 is 22.0 Å². The van der Waals surface area contributed by atoms with Crippen molar-refractivity contribution in [2.45, 2.75) is 11.7 Å². The van der Waals surface area contributed by atoms with Crippen molar-refractivity contribution >= 4 is 5.84 Å². The Labute approximate surface area is 201 Å². The summed E-state index contributed by atoms with van der Waals surface area (Å²) >= 11 is 0. The van der Waals surface area contributed by atoms with Crippen LogP contribution in [0.4, 0.5) is 22.0 Å². The van der Waals surface area contributed by atoms with E-state index in [-0.39, 0.29) is 22.5 Å². The monoisotopic (exact) mass is 496 g/mol. The molecule has 0 bridgehead atoms. The highest BCUT2D eigenvalue weighted by molar-refractivity contribution is 6.03. The zero-order valence-electron chi connectivity index (χ0n) is 18.6. The zero-order chi connectivity index (χ0) is 25.8. The second-order valence-electron chi connectivity index (χ2n) is 8.40. The van der Waals surface area contributed by atoms with Gasteiger partial charge in [0.1, 0.15) is 28.6 Å². The summed E-state index contributed by atoms with van der Waals surface area (Å²) in [4.78, 5) is 20.7. The summed E-state index contributed by atoms with van der Waals surface area (Å²) < 4.78 is 70.9. The number of rotatable bonds is 3. The fourth-order valence-electron chi connectivity index (χ4n) is 4.60. The van der Waals surface area contributed by atoms with Crippen LogP contribution in [0.1, 0.15) is 27.8 Å². The van der Waals surface area contributed by atoms with Gasteiger partial charge >= 0.3 is 6.18 Å². The first-order valence-corrected chi connectivity index (χ1v) is 10.7. The molecule has 1 aliphatic rings. The lowest BCUT2D eigenvalue weighted by Crippen LogP contribution is -2.32. The van der Waals surface area contributed by atoms with Gasteiger partial charge in [0.2, 0.25) is 0 Å². The highest BCUT2D eigenvalue weighted by Gasteiger charge is 2.46. The minimum absolute atomic E-state index is 0.0428. The minimum Gasteiger partial charge on any atom is -0.383 e. The number of aryl methyl sites for hydroxylation is 1. The van der Waals surface area contributed by atoms with Crippen LogP contribution in [0.15, 0.2) is 83.0 Å². The Morgan fingerprint density at radius 2 is 1.69 bits per heavy atom. The van der Waals surface area contributed by atoms with E-state index in [0.29, 0.717) is 16.7 Å². The van der Waals surface area contributed by atoms with E-state index in [1.165, 1.54) is 43.7 Å². The summed E-state index contributed by atoms with van der Waals surface area (Å²) in [7, 11) is 1.19. The summed E-state index contributed by atoms with van der Waals surface area (Å²) in [6, 6.07) is 12.6. The van der Waals surface area contributed by atoms with E-state index >= 15 is 0 Å². The number of amidine groups is 1. The van der Waals surface area contributed by atoms with Gasteiger partial charge in [0, 0.05) is 36.1 Å². The molecule has 1 atom stereocenters. The molecule has 0 fully saturated rings. The quantitative estimate of drug-likeness (QED) is 0.416. The maximum absolute atomic E-state index is 14.9. The van der Waals surface area contributed by atoms with Crippen molar-refractivity contribution in [3.05, 3.63) is 123 Å². The SMILES string of the molecule is Cn1cc(C2(c3cccc(-c4cncc(F)c4)c3)N=C(N)c3c(F)cccc32)cc(C(F)(F)F)c1=O. The molecule has 0 aliphatic carbocycles. The maximum atomic E-state index is 14.9. The first-order chi connectivity index (χ1) is 17.0. The zero-order valence-corrected chi connectivity index (χ0v) is 18.6. The summed E-state index contributed by atoms with van der Waals surface area (Å²) in [5.41, 5.74) is 3.13. The molecule has 0 amide bonds. The van der Waals surface area contributed by atoms with Crippen LogP contribution in [0.2, 0.25) is 0 Å². The number of nitrogens with zero attached hydrogens (tertiary/aromatic N) is 3. The summed E-state index contributed by atoms with van der Waals surface area (Å²) in [6.45, 7) is 0. The molecule has 1 aliphatic heterocycles. The number of fused-ring (bicyclic) bond motifs is 1. The molecule has 0 saturated heterocycles. The van der Waals surface area contributed by atoms with Crippen molar-refractivity contribution in [1.82, 2.24) is 9.55 Å². The van der Waals surface area contributed by atoms with Gasteiger partial charge in [0.25, 0.3) is 5.56 Å². The van der Waals surface area contributed by atoms with Gasteiger partial charge in [-0.15, -0.1) is 0 Å². The molecule has 2 aromatic carbocycles. The van der Waals surface area contributed by atoms with Gasteiger partial charge in [-0.1, -0.05) is 30.3 Å². The Hall–Kier alpha value is -4.34. The Bertz CT molecular complexity index is 1610. The molecule has 0 spiro atoms. The first kappa shape index (κ1) is 23.4. The molecule has 5 rings (SSSR count). The van der Waals surface area contributed by atoms with Crippen LogP contribution in [-0.2, 0) is 18.8 Å². The number of hydrogen-bond acceptors (Lipinski definition) is 4. The van der Waals surface area contributed by atoms with Gasteiger partial charge < -0.3 is 10.3 Å². The van der Waals surface area contributed by atoms with Gasteiger partial charge in [-0.3, -0.25) is 9.78 Å². The number of halogens is 5. The molecule has 10 heteroatoms. The third-order valence-electron chi connectivity index (χ3n) is 6.17. The molecule has 0 radical (unpaired) electrons. The summed E-state index contributed by atoms with van der Waals surface area (Å²) in [6.07, 6.45) is -1.24.